The van der Waals surface area contributed by atoms with Crippen molar-refractivity contribution in [1.82, 2.24) is 9.97 Å². The Hall–Kier alpha value is -3.63. The Kier molecular flexibility index (Phi) is 6.47. The Labute approximate surface area is 199 Å². The zero-order valence-corrected chi connectivity index (χ0v) is 19.8. The summed E-state index contributed by atoms with van der Waals surface area (Å²) in [5, 5.41) is 2.69. The first-order valence-corrected chi connectivity index (χ1v) is 12.0. The summed E-state index contributed by atoms with van der Waals surface area (Å²) in [6.45, 7) is 0. The lowest BCUT2D eigenvalue weighted by atomic mass is 10.2. The van der Waals surface area contributed by atoms with Crippen molar-refractivity contribution in [3.05, 3.63) is 89.2 Å². The van der Waals surface area contributed by atoms with Crippen LogP contribution in [-0.2, 0) is 10.0 Å². The van der Waals surface area contributed by atoms with Crippen LogP contribution in [0.25, 0.3) is 11.4 Å². The van der Waals surface area contributed by atoms with Crippen LogP contribution in [0.2, 0.25) is 0 Å². The number of anilines is 2. The number of methoxy groups -OCH3 is 1. The monoisotopic (exact) mass is 526 g/mol. The van der Waals surface area contributed by atoms with Crippen LogP contribution in [0.3, 0.4) is 0 Å². The average Bonchev–Trinajstić information content (AvgIpc) is 3.32. The van der Waals surface area contributed by atoms with E-state index in [0.29, 0.717) is 11.5 Å². The molecule has 33 heavy (non-hydrogen) atoms. The van der Waals surface area contributed by atoms with Gasteiger partial charge in [-0.2, -0.15) is 0 Å². The van der Waals surface area contributed by atoms with Crippen molar-refractivity contribution in [2.75, 3.05) is 17.1 Å². The molecule has 0 saturated carbocycles. The SMILES string of the molecule is COc1ccc(NC(=O)c2cnc(-c3ccccc3)[nH]2)cc1S(=O)(=O)Nc1ccc(Br)cc1. The smallest absolute Gasteiger partial charge is 0.273 e. The van der Waals surface area contributed by atoms with Gasteiger partial charge in [-0.3, -0.25) is 9.52 Å². The molecule has 1 amide bonds. The van der Waals surface area contributed by atoms with Gasteiger partial charge in [-0.15, -0.1) is 0 Å². The number of nitrogens with zero attached hydrogens (tertiary/aromatic N) is 1. The lowest BCUT2D eigenvalue weighted by Gasteiger charge is -2.13. The second-order valence-corrected chi connectivity index (χ2v) is 9.51. The van der Waals surface area contributed by atoms with Gasteiger partial charge in [-0.1, -0.05) is 46.3 Å². The van der Waals surface area contributed by atoms with Crippen molar-refractivity contribution < 1.29 is 17.9 Å². The van der Waals surface area contributed by atoms with E-state index < -0.39 is 15.9 Å². The molecule has 0 radical (unpaired) electrons. The number of nitrogens with one attached hydrogen (secondary N) is 3. The van der Waals surface area contributed by atoms with Gasteiger partial charge in [0.15, 0.2) is 0 Å². The number of carbonyl (C=O) groups is 1. The summed E-state index contributed by atoms with van der Waals surface area (Å²) in [7, 11) is -2.61. The molecular formula is C23H19BrN4O4S. The van der Waals surface area contributed by atoms with Crippen LogP contribution in [0.5, 0.6) is 5.75 Å². The molecule has 0 fully saturated rings. The summed E-state index contributed by atoms with van der Waals surface area (Å²) >= 11 is 3.31. The third-order valence-electron chi connectivity index (χ3n) is 4.68. The number of imidazole rings is 1. The zero-order chi connectivity index (χ0) is 23.4. The van der Waals surface area contributed by atoms with Crippen molar-refractivity contribution in [3.63, 3.8) is 0 Å². The number of sulfonamides is 1. The van der Waals surface area contributed by atoms with Gasteiger partial charge in [0.1, 0.15) is 22.2 Å². The van der Waals surface area contributed by atoms with E-state index in [1.54, 1.807) is 30.3 Å². The highest BCUT2D eigenvalue weighted by molar-refractivity contribution is 9.10. The highest BCUT2D eigenvalue weighted by Crippen LogP contribution is 2.29. The molecule has 4 rings (SSSR count). The van der Waals surface area contributed by atoms with E-state index in [9.17, 15) is 13.2 Å². The molecule has 4 aromatic rings. The number of halogens is 1. The minimum Gasteiger partial charge on any atom is -0.495 e. The number of hydrogen-bond acceptors (Lipinski definition) is 5. The van der Waals surface area contributed by atoms with Crippen molar-refractivity contribution in [3.8, 4) is 17.1 Å². The number of hydrogen-bond donors (Lipinski definition) is 3. The molecule has 0 unspecified atom stereocenters. The van der Waals surface area contributed by atoms with E-state index in [0.717, 1.165) is 10.0 Å². The minimum absolute atomic E-state index is 0.111. The summed E-state index contributed by atoms with van der Waals surface area (Å²) in [6.07, 6.45) is 1.42. The molecule has 3 N–H and O–H groups in total. The maximum Gasteiger partial charge on any atom is 0.273 e. The van der Waals surface area contributed by atoms with Crippen molar-refractivity contribution in [1.29, 1.82) is 0 Å². The summed E-state index contributed by atoms with van der Waals surface area (Å²) < 4.78 is 34.6. The molecule has 0 bridgehead atoms. The van der Waals surface area contributed by atoms with Gasteiger partial charge in [-0.25, -0.2) is 13.4 Å². The Morgan fingerprint density at radius 2 is 1.70 bits per heavy atom. The summed E-state index contributed by atoms with van der Waals surface area (Å²) in [5.74, 6) is 0.238. The highest BCUT2D eigenvalue weighted by Gasteiger charge is 2.21. The maximum atomic E-state index is 13.0. The largest absolute Gasteiger partial charge is 0.495 e. The molecule has 10 heteroatoms. The van der Waals surface area contributed by atoms with Crippen LogP contribution < -0.4 is 14.8 Å². The normalized spacial score (nSPS) is 11.1. The Balaban J connectivity index is 1.57. The lowest BCUT2D eigenvalue weighted by Crippen LogP contribution is -2.16. The van der Waals surface area contributed by atoms with E-state index in [1.165, 1.54) is 25.4 Å². The lowest BCUT2D eigenvalue weighted by molar-refractivity contribution is 0.102. The first kappa shape index (κ1) is 22.6. The molecule has 1 heterocycles. The maximum absolute atomic E-state index is 13.0. The molecule has 0 atom stereocenters. The van der Waals surface area contributed by atoms with Crippen LogP contribution >= 0.6 is 15.9 Å². The molecular weight excluding hydrogens is 508 g/mol. The van der Waals surface area contributed by atoms with Gasteiger partial charge in [-0.05, 0) is 42.5 Å². The molecule has 0 aliphatic heterocycles. The predicted octanol–water partition coefficient (Wildman–Crippen LogP) is 4.90. The second-order valence-electron chi connectivity index (χ2n) is 6.94. The third-order valence-corrected chi connectivity index (χ3v) is 6.61. The standard InChI is InChI=1S/C23H19BrN4O4S/c1-32-20-12-11-18(13-21(20)33(30,31)28-17-9-7-16(24)8-10-17)26-23(29)19-14-25-22(27-19)15-5-3-2-4-6-15/h2-14,28H,1H3,(H,25,27)(H,26,29). The van der Waals surface area contributed by atoms with Crippen molar-refractivity contribution in [2.45, 2.75) is 4.90 Å². The average molecular weight is 527 g/mol. The fraction of sp³-hybridized carbons (Fsp3) is 0.0435. The summed E-state index contributed by atoms with van der Waals surface area (Å²) in [6, 6.07) is 20.5. The number of amides is 1. The van der Waals surface area contributed by atoms with Gasteiger partial charge in [0.05, 0.1) is 13.3 Å². The van der Waals surface area contributed by atoms with Gasteiger partial charge < -0.3 is 15.0 Å². The molecule has 3 aromatic carbocycles. The fourth-order valence-corrected chi connectivity index (χ4v) is 4.59. The molecule has 0 aliphatic carbocycles. The molecule has 8 nitrogen and oxygen atoms in total. The van der Waals surface area contributed by atoms with Crippen LogP contribution in [-0.4, -0.2) is 31.4 Å². The molecule has 168 valence electrons. The van der Waals surface area contributed by atoms with Gasteiger partial charge >= 0.3 is 0 Å². The van der Waals surface area contributed by atoms with Crippen LogP contribution in [0, 0.1) is 0 Å². The van der Waals surface area contributed by atoms with Crippen LogP contribution in [0.15, 0.2) is 88.4 Å². The number of aromatic amines is 1. The first-order chi connectivity index (χ1) is 15.9. The number of benzene rings is 3. The molecule has 0 saturated heterocycles. The van der Waals surface area contributed by atoms with E-state index in [2.05, 4.69) is 35.9 Å². The molecule has 0 spiro atoms. The number of aromatic nitrogens is 2. The summed E-state index contributed by atoms with van der Waals surface area (Å²) in [4.78, 5) is 19.8. The van der Waals surface area contributed by atoms with Gasteiger partial charge in [0.25, 0.3) is 15.9 Å². The predicted molar refractivity (Wildman–Crippen MR) is 130 cm³/mol. The number of ether oxygens (including phenoxy) is 1. The molecule has 1 aromatic heterocycles. The Bertz CT molecular complexity index is 1390. The Morgan fingerprint density at radius 1 is 1.00 bits per heavy atom. The Morgan fingerprint density at radius 3 is 2.39 bits per heavy atom. The fourth-order valence-electron chi connectivity index (χ4n) is 3.07. The van der Waals surface area contributed by atoms with E-state index in [-0.39, 0.29) is 22.0 Å². The minimum atomic E-state index is -3.99. The molecule has 0 aliphatic rings. The van der Waals surface area contributed by atoms with E-state index >= 15 is 0 Å². The van der Waals surface area contributed by atoms with E-state index in [1.807, 2.05) is 30.3 Å². The van der Waals surface area contributed by atoms with Crippen LogP contribution in [0.1, 0.15) is 10.5 Å². The highest BCUT2D eigenvalue weighted by atomic mass is 79.9. The van der Waals surface area contributed by atoms with Gasteiger partial charge in [0.2, 0.25) is 0 Å². The second kappa shape index (κ2) is 9.47. The zero-order valence-electron chi connectivity index (χ0n) is 17.4. The van der Waals surface area contributed by atoms with Crippen molar-refractivity contribution in [2.24, 2.45) is 0 Å². The summed E-state index contributed by atoms with van der Waals surface area (Å²) in [5.41, 5.74) is 1.75. The topological polar surface area (TPSA) is 113 Å². The van der Waals surface area contributed by atoms with E-state index in [4.69, 9.17) is 4.74 Å². The van der Waals surface area contributed by atoms with Crippen molar-refractivity contribution >= 4 is 43.2 Å². The number of rotatable bonds is 7. The van der Waals surface area contributed by atoms with Crippen LogP contribution in [0.4, 0.5) is 11.4 Å². The van der Waals surface area contributed by atoms with Gasteiger partial charge in [0, 0.05) is 21.4 Å². The first-order valence-electron chi connectivity index (χ1n) is 9.74. The quantitative estimate of drug-likeness (QED) is 0.317. The number of carbonyl (C=O) groups excluding carboxylic acids is 1. The third kappa shape index (κ3) is 5.24. The number of H-pyrrole nitrogens is 1.